The molecule has 0 spiro atoms. The molecular weight excluding hydrogens is 366 g/mol. The summed E-state index contributed by atoms with van der Waals surface area (Å²) in [6.07, 6.45) is 0. The van der Waals surface area contributed by atoms with Crippen molar-refractivity contribution in [2.45, 2.75) is 10.9 Å². The summed E-state index contributed by atoms with van der Waals surface area (Å²) in [5.74, 6) is 0.831. The zero-order valence-electron chi connectivity index (χ0n) is 14.2. The Labute approximate surface area is 151 Å². The van der Waals surface area contributed by atoms with Crippen molar-refractivity contribution in [1.82, 2.24) is 24.7 Å². The number of hydrogen-bond donors (Lipinski definition) is 1. The first-order chi connectivity index (χ1) is 11.8. The summed E-state index contributed by atoms with van der Waals surface area (Å²) in [5.41, 5.74) is 0.509. The van der Waals surface area contributed by atoms with Gasteiger partial charge in [-0.15, -0.1) is 0 Å². The smallest absolute Gasteiger partial charge is 0.258 e. The molecule has 10 heteroatoms. The van der Waals surface area contributed by atoms with Crippen molar-refractivity contribution in [2.75, 3.05) is 40.8 Å². The van der Waals surface area contributed by atoms with Crippen LogP contribution in [-0.2, 0) is 10.0 Å². The highest BCUT2D eigenvalue weighted by molar-refractivity contribution is 7.89. The number of nitrogens with one attached hydrogen (secondary N) is 1. The van der Waals surface area contributed by atoms with E-state index in [1.54, 1.807) is 6.07 Å². The fourth-order valence-electron chi connectivity index (χ4n) is 2.61. The van der Waals surface area contributed by atoms with Crippen molar-refractivity contribution >= 4 is 21.6 Å². The largest absolute Gasteiger partial charge is 0.334 e. The molecule has 2 heterocycles. The van der Waals surface area contributed by atoms with Crippen LogP contribution < -0.4 is 5.32 Å². The molecule has 8 nitrogen and oxygen atoms in total. The summed E-state index contributed by atoms with van der Waals surface area (Å²) in [5, 5.41) is 7.50. The molecule has 1 fully saturated rings. The van der Waals surface area contributed by atoms with Crippen LogP contribution in [-0.4, -0.2) is 68.5 Å². The lowest BCUT2D eigenvalue weighted by atomic mass is 10.2. The van der Waals surface area contributed by atoms with E-state index in [0.29, 0.717) is 11.4 Å². The van der Waals surface area contributed by atoms with Crippen LogP contribution in [0, 0.1) is 0 Å². The summed E-state index contributed by atoms with van der Waals surface area (Å²) in [6.45, 7) is 2.54. The number of benzene rings is 1. The van der Waals surface area contributed by atoms with Crippen LogP contribution in [0.1, 0.15) is 11.9 Å². The molecule has 1 aliphatic heterocycles. The average Bonchev–Trinajstić information content (AvgIpc) is 3.05. The normalized spacial score (nSPS) is 19.5. The maximum Gasteiger partial charge on any atom is 0.258 e. The minimum Gasteiger partial charge on any atom is -0.334 e. The van der Waals surface area contributed by atoms with Crippen molar-refractivity contribution in [3.63, 3.8) is 0 Å². The van der Waals surface area contributed by atoms with Gasteiger partial charge in [0.05, 0.1) is 11.1 Å². The van der Waals surface area contributed by atoms with Crippen LogP contribution in [0.4, 0.5) is 0 Å². The fourth-order valence-corrected chi connectivity index (χ4v) is 4.01. The fraction of sp³-hybridized carbons (Fsp3) is 0.467. The van der Waals surface area contributed by atoms with Gasteiger partial charge in [-0.25, -0.2) is 12.7 Å². The first kappa shape index (κ1) is 18.3. The van der Waals surface area contributed by atoms with E-state index in [1.165, 1.54) is 26.2 Å². The molecule has 1 saturated heterocycles. The van der Waals surface area contributed by atoms with Crippen LogP contribution in [0.3, 0.4) is 0 Å². The Kier molecular flexibility index (Phi) is 5.12. The number of halogens is 1. The zero-order chi connectivity index (χ0) is 18.2. The Morgan fingerprint density at radius 3 is 2.84 bits per heavy atom. The van der Waals surface area contributed by atoms with Crippen LogP contribution in [0.2, 0.25) is 5.02 Å². The second-order valence-corrected chi connectivity index (χ2v) is 8.62. The van der Waals surface area contributed by atoms with Gasteiger partial charge in [0.1, 0.15) is 4.90 Å². The third kappa shape index (κ3) is 3.56. The van der Waals surface area contributed by atoms with E-state index >= 15 is 0 Å². The predicted octanol–water partition coefficient (Wildman–Crippen LogP) is 1.22. The van der Waals surface area contributed by atoms with Gasteiger partial charge in [-0.3, -0.25) is 4.90 Å². The van der Waals surface area contributed by atoms with Gasteiger partial charge >= 0.3 is 0 Å². The molecule has 1 aromatic heterocycles. The van der Waals surface area contributed by atoms with Gasteiger partial charge in [0, 0.05) is 39.3 Å². The van der Waals surface area contributed by atoms with Crippen molar-refractivity contribution in [1.29, 1.82) is 0 Å². The van der Waals surface area contributed by atoms with E-state index in [2.05, 4.69) is 20.4 Å². The second kappa shape index (κ2) is 7.00. The zero-order valence-corrected chi connectivity index (χ0v) is 15.8. The van der Waals surface area contributed by atoms with Crippen molar-refractivity contribution in [3.05, 3.63) is 29.0 Å². The quantitative estimate of drug-likeness (QED) is 0.845. The molecule has 2 aromatic rings. The first-order valence-electron chi connectivity index (χ1n) is 7.77. The Morgan fingerprint density at radius 2 is 2.16 bits per heavy atom. The molecule has 25 heavy (non-hydrogen) atoms. The highest BCUT2D eigenvalue weighted by Gasteiger charge is 2.26. The molecule has 3 rings (SSSR count). The second-order valence-electron chi connectivity index (χ2n) is 6.09. The molecule has 1 unspecified atom stereocenters. The number of piperazine rings is 1. The number of hydrogen-bond acceptors (Lipinski definition) is 7. The van der Waals surface area contributed by atoms with E-state index in [0.717, 1.165) is 23.9 Å². The number of rotatable bonds is 4. The third-order valence-electron chi connectivity index (χ3n) is 4.19. The molecule has 0 bridgehead atoms. The molecule has 136 valence electrons. The van der Waals surface area contributed by atoms with E-state index < -0.39 is 10.0 Å². The molecule has 1 N–H and O–H groups in total. The van der Waals surface area contributed by atoms with Crippen molar-refractivity contribution in [2.24, 2.45) is 0 Å². The summed E-state index contributed by atoms with van der Waals surface area (Å²) >= 11 is 6.07. The lowest BCUT2D eigenvalue weighted by Crippen LogP contribution is -2.44. The topological polar surface area (TPSA) is 91.6 Å². The third-order valence-corrected chi connectivity index (χ3v) is 6.48. The maximum absolute atomic E-state index is 12.4. The van der Waals surface area contributed by atoms with E-state index in [4.69, 9.17) is 16.1 Å². The van der Waals surface area contributed by atoms with Gasteiger partial charge < -0.3 is 9.84 Å². The van der Waals surface area contributed by atoms with Crippen LogP contribution >= 0.6 is 11.6 Å². The molecule has 0 saturated carbocycles. The number of sulfonamides is 1. The summed E-state index contributed by atoms with van der Waals surface area (Å²) in [4.78, 5) is 6.60. The van der Waals surface area contributed by atoms with Crippen LogP contribution in [0.5, 0.6) is 0 Å². The Bertz CT molecular complexity index is 868. The molecular formula is C15H20ClN5O3S. The predicted molar refractivity (Wildman–Crippen MR) is 93.9 cm³/mol. The van der Waals surface area contributed by atoms with Gasteiger partial charge in [0.2, 0.25) is 10.0 Å². The highest BCUT2D eigenvalue weighted by atomic mass is 35.5. The number of aromatic nitrogens is 2. The molecule has 1 atom stereocenters. The van der Waals surface area contributed by atoms with Gasteiger partial charge in [-0.05, 0) is 25.2 Å². The Hall–Kier alpha value is -1.52. The summed E-state index contributed by atoms with van der Waals surface area (Å²) < 4.78 is 31.2. The van der Waals surface area contributed by atoms with Crippen LogP contribution in [0.15, 0.2) is 27.6 Å². The molecule has 1 aromatic carbocycles. The highest BCUT2D eigenvalue weighted by Crippen LogP contribution is 2.30. The van der Waals surface area contributed by atoms with Gasteiger partial charge in [0.15, 0.2) is 5.82 Å². The van der Waals surface area contributed by atoms with Crippen LogP contribution in [0.25, 0.3) is 11.5 Å². The average molecular weight is 386 g/mol. The lowest BCUT2D eigenvalue weighted by Gasteiger charge is -2.30. The van der Waals surface area contributed by atoms with Gasteiger partial charge in [-0.1, -0.05) is 16.8 Å². The van der Waals surface area contributed by atoms with E-state index in [1.807, 2.05) is 7.05 Å². The molecule has 1 aliphatic rings. The first-order valence-corrected chi connectivity index (χ1v) is 9.59. The molecule has 0 aliphatic carbocycles. The minimum atomic E-state index is -3.67. The van der Waals surface area contributed by atoms with Crippen molar-refractivity contribution in [3.8, 4) is 11.5 Å². The monoisotopic (exact) mass is 385 g/mol. The van der Waals surface area contributed by atoms with Gasteiger partial charge in [-0.2, -0.15) is 4.98 Å². The number of likely N-dealkylation sites (N-methyl/N-ethyl adjacent to an activating group) is 1. The lowest BCUT2D eigenvalue weighted by molar-refractivity contribution is 0.190. The summed E-state index contributed by atoms with van der Waals surface area (Å²) in [6, 6.07) is 4.66. The maximum atomic E-state index is 12.4. The minimum absolute atomic E-state index is 0.00728. The van der Waals surface area contributed by atoms with E-state index in [9.17, 15) is 8.42 Å². The molecule has 0 radical (unpaired) electrons. The Balaban J connectivity index is 1.96. The SMILES string of the molecule is CN1CCNCC1c1noc(-c2ccc(Cl)c(S(=O)(=O)N(C)C)c2)n1. The van der Waals surface area contributed by atoms with Crippen molar-refractivity contribution < 1.29 is 12.9 Å². The molecule has 0 amide bonds. The summed E-state index contributed by atoms with van der Waals surface area (Å²) in [7, 11) is 1.25. The van der Waals surface area contributed by atoms with E-state index in [-0.39, 0.29) is 21.9 Å². The van der Waals surface area contributed by atoms with Gasteiger partial charge in [0.25, 0.3) is 5.89 Å². The Morgan fingerprint density at radius 1 is 1.40 bits per heavy atom. The standard InChI is InChI=1S/C15H20ClN5O3S/c1-20(2)25(22,23)13-8-10(4-5-11(13)16)15-18-14(19-24-15)12-9-17-6-7-21(12)3/h4-5,8,12,17H,6-7,9H2,1-3H3. The number of nitrogens with zero attached hydrogens (tertiary/aromatic N) is 4.